The fraction of sp³-hybridized carbons (Fsp3) is 0.154. The molecule has 0 saturated carbocycles. The maximum absolute atomic E-state index is 12.8. The van der Waals surface area contributed by atoms with Crippen LogP contribution in [0, 0.1) is 0 Å². The van der Waals surface area contributed by atoms with Crippen LogP contribution >= 0.6 is 0 Å². The van der Waals surface area contributed by atoms with Crippen molar-refractivity contribution in [1.29, 1.82) is 0 Å². The molecule has 4 rings (SSSR count). The monoisotopic (exact) mass is 472 g/mol. The van der Waals surface area contributed by atoms with Crippen molar-refractivity contribution in [3.63, 3.8) is 0 Å². The van der Waals surface area contributed by atoms with Gasteiger partial charge in [0.05, 0.1) is 35.6 Å². The Bertz CT molecular complexity index is 1250. The molecule has 1 aliphatic carbocycles. The highest BCUT2D eigenvalue weighted by atomic mass is 19.4. The minimum Gasteiger partial charge on any atom is -0.278 e. The average molecular weight is 472 g/mol. The summed E-state index contributed by atoms with van der Waals surface area (Å²) < 4.78 is 76.8. The van der Waals surface area contributed by atoms with Crippen molar-refractivity contribution >= 4 is 17.5 Å². The van der Waals surface area contributed by atoms with Crippen LogP contribution in [-0.4, -0.2) is 11.4 Å². The normalized spacial score (nSPS) is 16.2. The van der Waals surface area contributed by atoms with Gasteiger partial charge in [0.15, 0.2) is 0 Å². The third-order valence-electron chi connectivity index (χ3n) is 5.29. The highest BCUT2D eigenvalue weighted by Gasteiger charge is 2.30. The van der Waals surface area contributed by atoms with Gasteiger partial charge in [0.2, 0.25) is 0 Å². The highest BCUT2D eigenvalue weighted by Crippen LogP contribution is 2.30. The summed E-state index contributed by atoms with van der Waals surface area (Å²) in [7, 11) is 0. The van der Waals surface area contributed by atoms with Crippen molar-refractivity contribution in [2.45, 2.75) is 25.4 Å². The van der Waals surface area contributed by atoms with Gasteiger partial charge in [0.25, 0.3) is 0 Å². The van der Waals surface area contributed by atoms with Gasteiger partial charge in [-0.2, -0.15) is 26.3 Å². The summed E-state index contributed by atoms with van der Waals surface area (Å²) in [6.45, 7) is 0.300. The first-order valence-corrected chi connectivity index (χ1v) is 10.3. The Morgan fingerprint density at radius 1 is 0.559 bits per heavy atom. The largest absolute Gasteiger partial charge is 0.416 e. The Balaban J connectivity index is 1.60. The van der Waals surface area contributed by atoms with Crippen LogP contribution in [0.5, 0.6) is 0 Å². The first-order valence-electron chi connectivity index (χ1n) is 10.3. The molecule has 34 heavy (non-hydrogen) atoms. The zero-order valence-corrected chi connectivity index (χ0v) is 17.7. The summed E-state index contributed by atoms with van der Waals surface area (Å²) in [6.07, 6.45) is -5.16. The van der Waals surface area contributed by atoms with E-state index in [9.17, 15) is 26.3 Å². The van der Waals surface area contributed by atoms with Crippen LogP contribution < -0.4 is 0 Å². The molecule has 8 heteroatoms. The molecule has 0 heterocycles. The van der Waals surface area contributed by atoms with Crippen LogP contribution in [0.1, 0.15) is 33.4 Å². The van der Waals surface area contributed by atoms with Gasteiger partial charge in [-0.25, -0.2) is 0 Å². The van der Waals surface area contributed by atoms with E-state index in [1.807, 2.05) is 30.3 Å². The van der Waals surface area contributed by atoms with Crippen LogP contribution in [0.3, 0.4) is 0 Å². The molecular weight excluding hydrogens is 454 g/mol. The zero-order valence-electron chi connectivity index (χ0n) is 17.7. The standard InChI is InChI=1S/C26H18F6N2/c27-25(28,29)20-10-5-17(6-11-20)15-33-23-14-9-19-3-1-2-4-22(19)24(23)34-16-18-7-12-21(13-8-18)26(30,31)32/h1-14H,15-16H2. The van der Waals surface area contributed by atoms with Gasteiger partial charge in [-0.15, -0.1) is 0 Å². The van der Waals surface area contributed by atoms with Gasteiger partial charge < -0.3 is 0 Å². The number of hydrogen-bond donors (Lipinski definition) is 0. The molecule has 0 spiro atoms. The van der Waals surface area contributed by atoms with E-state index in [4.69, 9.17) is 0 Å². The molecule has 0 atom stereocenters. The maximum atomic E-state index is 12.8. The molecule has 0 radical (unpaired) electrons. The molecule has 0 aliphatic heterocycles. The van der Waals surface area contributed by atoms with Crippen molar-refractivity contribution in [1.82, 2.24) is 0 Å². The Hall–Kier alpha value is -3.68. The third kappa shape index (κ3) is 5.44. The van der Waals surface area contributed by atoms with Crippen molar-refractivity contribution < 1.29 is 26.3 Å². The Labute approximate surface area is 192 Å². The fourth-order valence-corrected chi connectivity index (χ4v) is 3.48. The lowest BCUT2D eigenvalue weighted by Crippen LogP contribution is -2.19. The highest BCUT2D eigenvalue weighted by molar-refractivity contribution is 6.54. The SMILES string of the molecule is FC(F)(F)c1ccc(CN=C2C=Cc3ccccc3C2=NCc2ccc(C(F)(F)F)cc2)cc1. The number of hydrogen-bond acceptors (Lipinski definition) is 2. The number of rotatable bonds is 4. The molecule has 0 N–H and O–H groups in total. The second-order valence-electron chi connectivity index (χ2n) is 7.68. The zero-order chi connectivity index (χ0) is 24.3. The first-order chi connectivity index (χ1) is 16.1. The lowest BCUT2D eigenvalue weighted by molar-refractivity contribution is -0.138. The third-order valence-corrected chi connectivity index (χ3v) is 5.29. The second kappa shape index (κ2) is 9.29. The Kier molecular flexibility index (Phi) is 6.41. The van der Waals surface area contributed by atoms with Gasteiger partial charge >= 0.3 is 12.4 Å². The fourth-order valence-electron chi connectivity index (χ4n) is 3.48. The molecule has 0 saturated heterocycles. The van der Waals surface area contributed by atoms with E-state index in [2.05, 4.69) is 9.98 Å². The van der Waals surface area contributed by atoms with Gasteiger partial charge in [0.1, 0.15) is 0 Å². The summed E-state index contributed by atoms with van der Waals surface area (Å²) in [4.78, 5) is 9.18. The first kappa shape index (κ1) is 23.5. The van der Waals surface area contributed by atoms with Crippen molar-refractivity contribution in [2.24, 2.45) is 9.98 Å². The lowest BCUT2D eigenvalue weighted by atomic mass is 9.94. The van der Waals surface area contributed by atoms with E-state index in [1.165, 1.54) is 24.3 Å². The smallest absolute Gasteiger partial charge is 0.278 e. The molecule has 3 aromatic carbocycles. The number of fused-ring (bicyclic) bond motifs is 1. The summed E-state index contributed by atoms with van der Waals surface area (Å²) >= 11 is 0. The molecule has 1 aliphatic rings. The van der Waals surface area contributed by atoms with Crippen LogP contribution in [0.15, 0.2) is 88.9 Å². The summed E-state index contributed by atoms with van der Waals surface area (Å²) in [5.74, 6) is 0. The number of benzene rings is 3. The molecule has 0 amide bonds. The summed E-state index contributed by atoms with van der Waals surface area (Å²) in [5, 5.41) is 0. The van der Waals surface area contributed by atoms with Crippen LogP contribution in [0.2, 0.25) is 0 Å². The summed E-state index contributed by atoms with van der Waals surface area (Å²) in [5.41, 5.74) is 2.62. The molecule has 2 nitrogen and oxygen atoms in total. The van der Waals surface area contributed by atoms with E-state index in [-0.39, 0.29) is 13.1 Å². The van der Waals surface area contributed by atoms with Crippen LogP contribution in [-0.2, 0) is 25.4 Å². The Morgan fingerprint density at radius 3 is 1.59 bits per heavy atom. The molecule has 0 aromatic heterocycles. The lowest BCUT2D eigenvalue weighted by Gasteiger charge is -2.16. The van der Waals surface area contributed by atoms with E-state index in [1.54, 1.807) is 6.08 Å². The summed E-state index contributed by atoms with van der Waals surface area (Å²) in [6, 6.07) is 17.1. The van der Waals surface area contributed by atoms with Crippen LogP contribution in [0.4, 0.5) is 26.3 Å². The van der Waals surface area contributed by atoms with Gasteiger partial charge in [-0.3, -0.25) is 9.98 Å². The van der Waals surface area contributed by atoms with E-state index >= 15 is 0 Å². The molecule has 174 valence electrons. The van der Waals surface area contributed by atoms with E-state index < -0.39 is 23.5 Å². The molecule has 3 aromatic rings. The number of aliphatic imine (C=N–C) groups is 2. The van der Waals surface area contributed by atoms with E-state index in [0.717, 1.165) is 35.4 Å². The topological polar surface area (TPSA) is 24.7 Å². The molecular formula is C26H18F6N2. The predicted octanol–water partition coefficient (Wildman–Crippen LogP) is 7.38. The molecule has 0 fully saturated rings. The molecule has 0 bridgehead atoms. The molecule has 0 unspecified atom stereocenters. The van der Waals surface area contributed by atoms with Gasteiger partial charge in [0, 0.05) is 5.56 Å². The van der Waals surface area contributed by atoms with E-state index in [0.29, 0.717) is 22.6 Å². The number of nitrogens with zero attached hydrogens (tertiary/aromatic N) is 2. The minimum absolute atomic E-state index is 0.148. The van der Waals surface area contributed by atoms with Crippen LogP contribution in [0.25, 0.3) is 6.08 Å². The predicted molar refractivity (Wildman–Crippen MR) is 120 cm³/mol. The Morgan fingerprint density at radius 2 is 1.06 bits per heavy atom. The van der Waals surface area contributed by atoms with Gasteiger partial charge in [-0.05, 0) is 47.0 Å². The number of halogens is 6. The maximum Gasteiger partial charge on any atom is 0.416 e. The van der Waals surface area contributed by atoms with Crippen molar-refractivity contribution in [3.05, 3.63) is 112 Å². The quantitative estimate of drug-likeness (QED) is 0.354. The second-order valence-corrected chi connectivity index (χ2v) is 7.68. The van der Waals surface area contributed by atoms with Gasteiger partial charge in [-0.1, -0.05) is 54.6 Å². The van der Waals surface area contributed by atoms with Crippen molar-refractivity contribution in [3.8, 4) is 0 Å². The van der Waals surface area contributed by atoms with Crippen molar-refractivity contribution in [2.75, 3.05) is 0 Å². The number of alkyl halides is 6. The number of allylic oxidation sites excluding steroid dienone is 1. The average Bonchev–Trinajstić information content (AvgIpc) is 2.81. The minimum atomic E-state index is -4.41.